The lowest BCUT2D eigenvalue weighted by molar-refractivity contribution is -0.153. The first kappa shape index (κ1) is 22.3. The van der Waals surface area contributed by atoms with E-state index >= 15 is 0 Å². The van der Waals surface area contributed by atoms with Crippen LogP contribution in [0.25, 0.3) is 0 Å². The predicted octanol–water partition coefficient (Wildman–Crippen LogP) is 3.26. The highest BCUT2D eigenvalue weighted by atomic mass is 19.4. The highest BCUT2D eigenvalue weighted by Crippen LogP contribution is 2.23. The van der Waals surface area contributed by atoms with E-state index in [9.17, 15) is 13.2 Å². The third kappa shape index (κ3) is 7.52. The van der Waals surface area contributed by atoms with Gasteiger partial charge in [0.1, 0.15) is 11.6 Å². The molecule has 0 radical (unpaired) electrons. The zero-order chi connectivity index (χ0) is 21.4. The second kappa shape index (κ2) is 9.99. The maximum Gasteiger partial charge on any atom is 0.422 e. The Labute approximate surface area is 168 Å². The lowest BCUT2D eigenvalue weighted by atomic mass is 10.1. The fraction of sp³-hybridized carbons (Fsp3) is 0.400. The molecule has 1 heterocycles. The highest BCUT2D eigenvalue weighted by Gasteiger charge is 2.28. The summed E-state index contributed by atoms with van der Waals surface area (Å²) >= 11 is 0. The number of aromatic nitrogens is 1. The molecule has 2 rings (SSSR count). The van der Waals surface area contributed by atoms with E-state index in [-0.39, 0.29) is 12.3 Å². The molecule has 1 aromatic heterocycles. The summed E-state index contributed by atoms with van der Waals surface area (Å²) in [6, 6.07) is 10.9. The number of nitrogens with zero attached hydrogens (tertiary/aromatic N) is 3. The normalized spacial score (nSPS) is 11.9. The van der Waals surface area contributed by atoms with Crippen LogP contribution in [0.5, 0.6) is 5.75 Å². The van der Waals surface area contributed by atoms with Gasteiger partial charge in [0.05, 0.1) is 12.2 Å². The van der Waals surface area contributed by atoms with Gasteiger partial charge in [0.15, 0.2) is 12.6 Å². The van der Waals surface area contributed by atoms with Gasteiger partial charge in [0.2, 0.25) is 0 Å². The van der Waals surface area contributed by atoms with Crippen molar-refractivity contribution in [3.05, 3.63) is 53.2 Å². The number of ether oxygens (including phenoxy) is 1. The van der Waals surface area contributed by atoms with Gasteiger partial charge in [-0.05, 0) is 30.7 Å². The molecule has 0 aliphatic rings. The number of benzene rings is 1. The second-order valence-electron chi connectivity index (χ2n) is 6.68. The van der Waals surface area contributed by atoms with Crippen molar-refractivity contribution in [2.24, 2.45) is 4.99 Å². The molecule has 9 heteroatoms. The first-order valence-electron chi connectivity index (χ1n) is 9.05. The van der Waals surface area contributed by atoms with Crippen LogP contribution in [0, 0.1) is 6.92 Å². The number of nitrogens with one attached hydrogen (secondary N) is 2. The van der Waals surface area contributed by atoms with E-state index in [0.717, 1.165) is 17.1 Å². The molecule has 2 N–H and O–H groups in total. The van der Waals surface area contributed by atoms with Gasteiger partial charge in [-0.3, -0.25) is 4.99 Å². The maximum atomic E-state index is 12.5. The third-order valence-electron chi connectivity index (χ3n) is 3.97. The van der Waals surface area contributed by atoms with Gasteiger partial charge in [-0.25, -0.2) is 4.98 Å². The van der Waals surface area contributed by atoms with Crippen LogP contribution in [0.4, 0.5) is 19.0 Å². The van der Waals surface area contributed by atoms with Gasteiger partial charge < -0.3 is 20.3 Å². The van der Waals surface area contributed by atoms with Crippen molar-refractivity contribution in [2.45, 2.75) is 26.2 Å². The van der Waals surface area contributed by atoms with Crippen LogP contribution in [0.15, 0.2) is 41.4 Å². The number of aryl methyl sites for hydroxylation is 1. The Morgan fingerprint density at radius 3 is 2.52 bits per heavy atom. The van der Waals surface area contributed by atoms with E-state index in [0.29, 0.717) is 18.1 Å². The fourth-order valence-electron chi connectivity index (χ4n) is 2.49. The van der Waals surface area contributed by atoms with E-state index < -0.39 is 12.8 Å². The number of pyridine rings is 1. The third-order valence-corrected chi connectivity index (χ3v) is 3.97. The fourth-order valence-corrected chi connectivity index (χ4v) is 2.49. The Hall–Kier alpha value is -2.97. The Bertz CT molecular complexity index is 837. The van der Waals surface area contributed by atoms with Crippen molar-refractivity contribution in [1.29, 1.82) is 0 Å². The molecular weight excluding hydrogens is 383 g/mol. The lowest BCUT2D eigenvalue weighted by Crippen LogP contribution is -2.36. The van der Waals surface area contributed by atoms with Crippen molar-refractivity contribution < 1.29 is 17.9 Å². The molecule has 0 bridgehead atoms. The standard InChI is InChI=1S/C20H26F3N5O/c1-14-8-9-15(17(10-14)29-13-20(21,22)23)11-25-19(24-2)26-12-16-6-5-7-18(27-16)28(3)4/h5-10H,11-13H2,1-4H3,(H2,24,25,26). The Balaban J connectivity index is 1.98. The van der Waals surface area contributed by atoms with Gasteiger partial charge in [0.25, 0.3) is 0 Å². The van der Waals surface area contributed by atoms with Crippen LogP contribution in [0.1, 0.15) is 16.8 Å². The first-order chi connectivity index (χ1) is 13.7. The molecule has 2 aromatic rings. The Morgan fingerprint density at radius 1 is 1.14 bits per heavy atom. The summed E-state index contributed by atoms with van der Waals surface area (Å²) in [6.07, 6.45) is -4.39. The summed E-state index contributed by atoms with van der Waals surface area (Å²) < 4.78 is 42.5. The van der Waals surface area contributed by atoms with Crippen LogP contribution < -0.4 is 20.3 Å². The van der Waals surface area contributed by atoms with Gasteiger partial charge >= 0.3 is 6.18 Å². The molecule has 0 aliphatic heterocycles. The molecule has 0 aliphatic carbocycles. The summed E-state index contributed by atoms with van der Waals surface area (Å²) in [4.78, 5) is 10.6. The number of halogens is 3. The van der Waals surface area contributed by atoms with Gasteiger partial charge in [-0.1, -0.05) is 18.2 Å². The van der Waals surface area contributed by atoms with Gasteiger partial charge in [0, 0.05) is 33.3 Å². The predicted molar refractivity (Wildman–Crippen MR) is 108 cm³/mol. The zero-order valence-corrected chi connectivity index (χ0v) is 17.0. The Morgan fingerprint density at radius 2 is 1.86 bits per heavy atom. The molecule has 0 saturated carbocycles. The van der Waals surface area contributed by atoms with Crippen LogP contribution >= 0.6 is 0 Å². The van der Waals surface area contributed by atoms with Gasteiger partial charge in [-0.15, -0.1) is 0 Å². The summed E-state index contributed by atoms with van der Waals surface area (Å²) in [5, 5.41) is 6.24. The van der Waals surface area contributed by atoms with Gasteiger partial charge in [-0.2, -0.15) is 13.2 Å². The summed E-state index contributed by atoms with van der Waals surface area (Å²) in [7, 11) is 5.45. The molecule has 6 nitrogen and oxygen atoms in total. The molecule has 158 valence electrons. The van der Waals surface area contributed by atoms with E-state index in [4.69, 9.17) is 4.74 Å². The summed E-state index contributed by atoms with van der Waals surface area (Å²) in [6.45, 7) is 1.18. The van der Waals surface area contributed by atoms with E-state index in [2.05, 4.69) is 20.6 Å². The molecule has 0 spiro atoms. The van der Waals surface area contributed by atoms with Crippen LogP contribution in [0.3, 0.4) is 0 Å². The largest absolute Gasteiger partial charge is 0.484 e. The Kier molecular flexibility index (Phi) is 7.69. The number of aliphatic imine (C=N–C) groups is 1. The molecule has 0 saturated heterocycles. The van der Waals surface area contributed by atoms with Crippen LogP contribution in [-0.2, 0) is 13.1 Å². The van der Waals surface area contributed by atoms with Crippen molar-refractivity contribution in [3.63, 3.8) is 0 Å². The highest BCUT2D eigenvalue weighted by molar-refractivity contribution is 5.79. The number of rotatable bonds is 7. The van der Waals surface area contributed by atoms with E-state index in [1.54, 1.807) is 26.1 Å². The molecule has 0 fully saturated rings. The zero-order valence-electron chi connectivity index (χ0n) is 17.0. The molecular formula is C20H26F3N5O. The summed E-state index contributed by atoms with van der Waals surface area (Å²) in [5.41, 5.74) is 2.26. The minimum atomic E-state index is -4.39. The lowest BCUT2D eigenvalue weighted by Gasteiger charge is -2.16. The number of guanidine groups is 1. The van der Waals surface area contributed by atoms with Crippen LogP contribution in [0.2, 0.25) is 0 Å². The number of hydrogen-bond acceptors (Lipinski definition) is 4. The minimum Gasteiger partial charge on any atom is -0.484 e. The van der Waals surface area contributed by atoms with Crippen molar-refractivity contribution in [3.8, 4) is 5.75 Å². The quantitative estimate of drug-likeness (QED) is 0.543. The number of alkyl halides is 3. The topological polar surface area (TPSA) is 61.8 Å². The monoisotopic (exact) mass is 409 g/mol. The minimum absolute atomic E-state index is 0.200. The molecule has 0 unspecified atom stereocenters. The molecule has 1 aromatic carbocycles. The number of hydrogen-bond donors (Lipinski definition) is 2. The molecule has 0 atom stereocenters. The van der Waals surface area contributed by atoms with Crippen molar-refractivity contribution in [1.82, 2.24) is 15.6 Å². The smallest absolute Gasteiger partial charge is 0.422 e. The average Bonchev–Trinajstić information content (AvgIpc) is 2.67. The first-order valence-corrected chi connectivity index (χ1v) is 9.05. The van der Waals surface area contributed by atoms with Crippen LogP contribution in [-0.4, -0.2) is 44.9 Å². The SMILES string of the molecule is CN=C(NCc1cccc(N(C)C)n1)NCc1ccc(C)cc1OCC(F)(F)F. The van der Waals surface area contributed by atoms with Crippen molar-refractivity contribution >= 4 is 11.8 Å². The summed E-state index contributed by atoms with van der Waals surface area (Å²) in [5.74, 6) is 1.55. The maximum absolute atomic E-state index is 12.5. The van der Waals surface area contributed by atoms with E-state index in [1.165, 1.54) is 0 Å². The molecule has 0 amide bonds. The van der Waals surface area contributed by atoms with Crippen molar-refractivity contribution in [2.75, 3.05) is 32.6 Å². The average molecular weight is 409 g/mol. The number of anilines is 1. The second-order valence-corrected chi connectivity index (χ2v) is 6.68. The molecule has 29 heavy (non-hydrogen) atoms. The van der Waals surface area contributed by atoms with E-state index in [1.807, 2.05) is 43.3 Å².